The van der Waals surface area contributed by atoms with Gasteiger partial charge in [0.05, 0.1) is 5.84 Å². The molecule has 0 aliphatic heterocycles. The van der Waals surface area contributed by atoms with E-state index in [2.05, 4.69) is 10.3 Å². The van der Waals surface area contributed by atoms with Gasteiger partial charge in [0, 0.05) is 25.5 Å². The minimum Gasteiger partial charge on any atom is -0.446 e. The van der Waals surface area contributed by atoms with Crippen LogP contribution in [0.2, 0.25) is 0 Å². The zero-order chi connectivity index (χ0) is 15.9. The molecule has 0 heterocycles. The van der Waals surface area contributed by atoms with Crippen molar-refractivity contribution in [2.24, 2.45) is 4.99 Å². The standard InChI is InChI=1S/C17H25N3O2/c1-13(18-2)20(3)15-11-9-14(10-12-15)19-17(21)22-16-7-5-4-6-8-16/h9-12,16H,4-8H2,1-3H3,(H,19,21). The van der Waals surface area contributed by atoms with Gasteiger partial charge in [0.25, 0.3) is 0 Å². The van der Waals surface area contributed by atoms with E-state index in [9.17, 15) is 4.79 Å². The van der Waals surface area contributed by atoms with E-state index in [-0.39, 0.29) is 12.2 Å². The number of rotatable bonds is 3. The molecule has 5 nitrogen and oxygen atoms in total. The van der Waals surface area contributed by atoms with E-state index in [4.69, 9.17) is 4.74 Å². The Hall–Kier alpha value is -2.04. The van der Waals surface area contributed by atoms with Gasteiger partial charge in [0.1, 0.15) is 6.10 Å². The first kappa shape index (κ1) is 16.3. The molecule has 1 aromatic rings. The van der Waals surface area contributed by atoms with Crippen molar-refractivity contribution in [1.82, 2.24) is 0 Å². The molecule has 0 saturated heterocycles. The predicted molar refractivity (Wildman–Crippen MR) is 90.9 cm³/mol. The van der Waals surface area contributed by atoms with Gasteiger partial charge in [-0.1, -0.05) is 6.42 Å². The Morgan fingerprint density at radius 2 is 1.86 bits per heavy atom. The fraction of sp³-hybridized carbons (Fsp3) is 0.529. The summed E-state index contributed by atoms with van der Waals surface area (Å²) >= 11 is 0. The number of hydrogen-bond donors (Lipinski definition) is 1. The monoisotopic (exact) mass is 303 g/mol. The third-order valence-corrected chi connectivity index (χ3v) is 4.14. The van der Waals surface area contributed by atoms with Crippen LogP contribution in [-0.2, 0) is 4.74 Å². The number of aliphatic imine (C=N–C) groups is 1. The van der Waals surface area contributed by atoms with Crippen LogP contribution in [0, 0.1) is 0 Å². The van der Waals surface area contributed by atoms with E-state index in [1.165, 1.54) is 6.42 Å². The van der Waals surface area contributed by atoms with Crippen molar-refractivity contribution in [2.75, 3.05) is 24.3 Å². The number of amides is 1. The number of amidine groups is 1. The number of ether oxygens (including phenoxy) is 1. The van der Waals surface area contributed by atoms with Gasteiger partial charge in [-0.3, -0.25) is 10.3 Å². The summed E-state index contributed by atoms with van der Waals surface area (Å²) in [5.41, 5.74) is 1.76. The molecule has 2 rings (SSSR count). The Morgan fingerprint density at radius 3 is 2.45 bits per heavy atom. The average Bonchev–Trinajstić information content (AvgIpc) is 2.55. The first-order chi connectivity index (χ1) is 10.6. The maximum atomic E-state index is 11.9. The molecule has 0 spiro atoms. The molecule has 1 N–H and O–H groups in total. The second-order valence-corrected chi connectivity index (χ2v) is 5.67. The van der Waals surface area contributed by atoms with Crippen molar-refractivity contribution >= 4 is 23.3 Å². The quantitative estimate of drug-likeness (QED) is 0.677. The largest absolute Gasteiger partial charge is 0.446 e. The minimum absolute atomic E-state index is 0.0718. The highest BCUT2D eigenvalue weighted by molar-refractivity contribution is 5.95. The molecular weight excluding hydrogens is 278 g/mol. The predicted octanol–water partition coefficient (Wildman–Crippen LogP) is 4.05. The number of nitrogens with zero attached hydrogens (tertiary/aromatic N) is 2. The molecule has 1 saturated carbocycles. The van der Waals surface area contributed by atoms with Gasteiger partial charge < -0.3 is 9.64 Å². The first-order valence-corrected chi connectivity index (χ1v) is 7.85. The molecule has 0 unspecified atom stereocenters. The van der Waals surface area contributed by atoms with Gasteiger partial charge in [0.2, 0.25) is 0 Å². The number of nitrogens with one attached hydrogen (secondary N) is 1. The molecule has 1 fully saturated rings. The Kier molecular flexibility index (Phi) is 5.81. The molecule has 5 heteroatoms. The third kappa shape index (κ3) is 4.48. The lowest BCUT2D eigenvalue weighted by Crippen LogP contribution is -2.24. The van der Waals surface area contributed by atoms with Crippen LogP contribution in [0.15, 0.2) is 29.3 Å². The zero-order valence-electron chi connectivity index (χ0n) is 13.6. The summed E-state index contributed by atoms with van der Waals surface area (Å²) in [5, 5.41) is 2.79. The Balaban J connectivity index is 1.89. The van der Waals surface area contributed by atoms with Gasteiger partial charge in [-0.2, -0.15) is 0 Å². The van der Waals surface area contributed by atoms with E-state index in [0.717, 1.165) is 42.9 Å². The number of carbonyl (C=O) groups is 1. The molecule has 1 amide bonds. The average molecular weight is 303 g/mol. The van der Waals surface area contributed by atoms with Crippen molar-refractivity contribution in [3.63, 3.8) is 0 Å². The van der Waals surface area contributed by atoms with E-state index in [1.807, 2.05) is 43.1 Å². The summed E-state index contributed by atoms with van der Waals surface area (Å²) in [6.07, 6.45) is 5.22. The van der Waals surface area contributed by atoms with Gasteiger partial charge >= 0.3 is 6.09 Å². The van der Waals surface area contributed by atoms with E-state index >= 15 is 0 Å². The summed E-state index contributed by atoms with van der Waals surface area (Å²) in [4.78, 5) is 18.0. The summed E-state index contributed by atoms with van der Waals surface area (Å²) in [7, 11) is 3.73. The molecular formula is C17H25N3O2. The van der Waals surface area contributed by atoms with Crippen LogP contribution in [0.1, 0.15) is 39.0 Å². The van der Waals surface area contributed by atoms with E-state index < -0.39 is 0 Å². The molecule has 1 aromatic carbocycles. The summed E-state index contributed by atoms with van der Waals surface area (Å²) in [6.45, 7) is 1.95. The van der Waals surface area contributed by atoms with Crippen LogP contribution in [0.25, 0.3) is 0 Å². The van der Waals surface area contributed by atoms with E-state index in [0.29, 0.717) is 0 Å². The molecule has 120 valence electrons. The molecule has 0 atom stereocenters. The topological polar surface area (TPSA) is 53.9 Å². The Bertz CT molecular complexity index is 519. The van der Waals surface area contributed by atoms with Crippen LogP contribution in [0.3, 0.4) is 0 Å². The summed E-state index contributed by atoms with van der Waals surface area (Å²) in [6, 6.07) is 7.64. The number of hydrogen-bond acceptors (Lipinski definition) is 3. The summed E-state index contributed by atoms with van der Waals surface area (Å²) < 4.78 is 5.45. The lowest BCUT2D eigenvalue weighted by molar-refractivity contribution is 0.0865. The van der Waals surface area contributed by atoms with Crippen LogP contribution < -0.4 is 10.2 Å². The van der Waals surface area contributed by atoms with Crippen molar-refractivity contribution < 1.29 is 9.53 Å². The third-order valence-electron chi connectivity index (χ3n) is 4.14. The lowest BCUT2D eigenvalue weighted by atomic mass is 9.98. The van der Waals surface area contributed by atoms with Crippen molar-refractivity contribution in [3.8, 4) is 0 Å². The van der Waals surface area contributed by atoms with Crippen LogP contribution in [-0.4, -0.2) is 32.1 Å². The highest BCUT2D eigenvalue weighted by Gasteiger charge is 2.17. The van der Waals surface area contributed by atoms with Crippen molar-refractivity contribution in [2.45, 2.75) is 45.1 Å². The molecule has 0 bridgehead atoms. The lowest BCUT2D eigenvalue weighted by Gasteiger charge is -2.22. The van der Waals surface area contributed by atoms with Crippen LogP contribution in [0.5, 0.6) is 0 Å². The maximum absolute atomic E-state index is 11.9. The van der Waals surface area contributed by atoms with Gasteiger partial charge in [-0.15, -0.1) is 0 Å². The van der Waals surface area contributed by atoms with Crippen LogP contribution in [0.4, 0.5) is 16.2 Å². The number of anilines is 2. The van der Waals surface area contributed by atoms with Gasteiger partial charge in [-0.05, 0) is 56.9 Å². The SMILES string of the molecule is CN=C(C)N(C)c1ccc(NC(=O)OC2CCCCC2)cc1. The zero-order valence-corrected chi connectivity index (χ0v) is 13.6. The van der Waals surface area contributed by atoms with Crippen molar-refractivity contribution in [3.05, 3.63) is 24.3 Å². The highest BCUT2D eigenvalue weighted by atomic mass is 16.6. The Morgan fingerprint density at radius 1 is 1.23 bits per heavy atom. The fourth-order valence-corrected chi connectivity index (χ4v) is 2.59. The second kappa shape index (κ2) is 7.82. The van der Waals surface area contributed by atoms with Crippen molar-refractivity contribution in [1.29, 1.82) is 0 Å². The normalized spacial score (nSPS) is 16.2. The number of benzene rings is 1. The molecule has 22 heavy (non-hydrogen) atoms. The highest BCUT2D eigenvalue weighted by Crippen LogP contribution is 2.21. The number of carbonyl (C=O) groups excluding carboxylic acids is 1. The molecule has 0 radical (unpaired) electrons. The maximum Gasteiger partial charge on any atom is 0.411 e. The smallest absolute Gasteiger partial charge is 0.411 e. The van der Waals surface area contributed by atoms with Gasteiger partial charge in [0.15, 0.2) is 0 Å². The molecule has 0 aromatic heterocycles. The summed E-state index contributed by atoms with van der Waals surface area (Å²) in [5.74, 6) is 0.928. The Labute approximate surface area is 132 Å². The van der Waals surface area contributed by atoms with Gasteiger partial charge in [-0.25, -0.2) is 4.79 Å². The minimum atomic E-state index is -0.362. The van der Waals surface area contributed by atoms with E-state index in [1.54, 1.807) is 7.05 Å². The second-order valence-electron chi connectivity index (χ2n) is 5.67. The molecule has 1 aliphatic rings. The van der Waals surface area contributed by atoms with Crippen LogP contribution >= 0.6 is 0 Å². The first-order valence-electron chi connectivity index (χ1n) is 7.85. The fourth-order valence-electron chi connectivity index (χ4n) is 2.59. The molecule has 1 aliphatic carbocycles.